The summed E-state index contributed by atoms with van der Waals surface area (Å²) < 4.78 is 7.74. The Morgan fingerprint density at radius 3 is 2.40 bits per heavy atom. The van der Waals surface area contributed by atoms with E-state index in [1.807, 2.05) is 6.08 Å². The Morgan fingerprint density at radius 2 is 1.95 bits per heavy atom. The summed E-state index contributed by atoms with van der Waals surface area (Å²) in [6.07, 6.45) is 9.10. The van der Waals surface area contributed by atoms with Crippen LogP contribution in [0.5, 0.6) is 0 Å². The van der Waals surface area contributed by atoms with Crippen molar-refractivity contribution in [3.8, 4) is 0 Å². The van der Waals surface area contributed by atoms with Crippen LogP contribution in [0, 0.1) is 0 Å². The molecule has 0 aliphatic heterocycles. The average Bonchev–Trinajstić information content (AvgIpc) is 2.32. The van der Waals surface area contributed by atoms with E-state index in [1.54, 1.807) is 0 Å². The zero-order valence-electron chi connectivity index (χ0n) is 14.3. The molecule has 0 radical (unpaired) electrons. The van der Waals surface area contributed by atoms with Gasteiger partial charge >= 0.3 is 0 Å². The number of rotatable bonds is 9. The number of allylic oxidation sites excluding steroid dienone is 2. The lowest BCUT2D eigenvalue weighted by molar-refractivity contribution is 0.174. The monoisotopic (exact) mass is 408 g/mol. The molecule has 20 heavy (non-hydrogen) atoms. The van der Waals surface area contributed by atoms with Crippen LogP contribution in [0.4, 0.5) is 0 Å². The van der Waals surface area contributed by atoms with Crippen molar-refractivity contribution in [2.24, 2.45) is 0 Å². The standard InChI is InChI=1S/C17H33IOSi/c1-8-10-16(13-12-15(2)11-9-14-18)19-20(6,7)17(3,4)5/h8,11,16H,1,9-10,12-14H2,2-7H3/b15-11+/t16-/m0/s1. The number of halogens is 1. The van der Waals surface area contributed by atoms with E-state index in [9.17, 15) is 0 Å². The largest absolute Gasteiger partial charge is 0.414 e. The number of hydrogen-bond acceptors (Lipinski definition) is 1. The van der Waals surface area contributed by atoms with Crippen molar-refractivity contribution in [1.82, 2.24) is 0 Å². The fourth-order valence-corrected chi connectivity index (χ4v) is 3.51. The van der Waals surface area contributed by atoms with Gasteiger partial charge in [0.1, 0.15) is 0 Å². The highest BCUT2D eigenvalue weighted by molar-refractivity contribution is 14.1. The molecular formula is C17H33IOSi. The molecule has 0 aromatic rings. The molecule has 0 aromatic heterocycles. The van der Waals surface area contributed by atoms with Crippen molar-refractivity contribution in [2.45, 2.75) is 77.6 Å². The Morgan fingerprint density at radius 1 is 1.35 bits per heavy atom. The highest BCUT2D eigenvalue weighted by atomic mass is 127. The third-order valence-electron chi connectivity index (χ3n) is 4.16. The van der Waals surface area contributed by atoms with Gasteiger partial charge < -0.3 is 4.43 Å². The highest BCUT2D eigenvalue weighted by Gasteiger charge is 2.38. The van der Waals surface area contributed by atoms with E-state index >= 15 is 0 Å². The lowest BCUT2D eigenvalue weighted by Crippen LogP contribution is -2.43. The molecule has 1 nitrogen and oxygen atoms in total. The van der Waals surface area contributed by atoms with Gasteiger partial charge in [-0.2, -0.15) is 0 Å². The van der Waals surface area contributed by atoms with Crippen LogP contribution in [-0.4, -0.2) is 18.8 Å². The summed E-state index contributed by atoms with van der Waals surface area (Å²) in [5, 5.41) is 0.276. The van der Waals surface area contributed by atoms with Crippen molar-refractivity contribution in [2.75, 3.05) is 4.43 Å². The molecule has 0 spiro atoms. The fraction of sp³-hybridized carbons (Fsp3) is 0.765. The van der Waals surface area contributed by atoms with Crippen molar-refractivity contribution in [3.63, 3.8) is 0 Å². The van der Waals surface area contributed by atoms with Gasteiger partial charge in [-0.05, 0) is 50.7 Å². The molecule has 0 saturated heterocycles. The molecule has 1 atom stereocenters. The van der Waals surface area contributed by atoms with Crippen LogP contribution in [-0.2, 0) is 4.43 Å². The topological polar surface area (TPSA) is 9.23 Å². The molecule has 0 aliphatic carbocycles. The predicted octanol–water partition coefficient (Wildman–Crippen LogP) is 6.50. The molecule has 0 amide bonds. The molecule has 0 saturated carbocycles. The molecular weight excluding hydrogens is 375 g/mol. The molecule has 0 aliphatic rings. The Kier molecular flexibility index (Phi) is 9.60. The molecule has 118 valence electrons. The van der Waals surface area contributed by atoms with Gasteiger partial charge in [-0.3, -0.25) is 0 Å². The van der Waals surface area contributed by atoms with Crippen LogP contribution in [0.15, 0.2) is 24.3 Å². The summed E-state index contributed by atoms with van der Waals surface area (Å²) in [6.45, 7) is 17.7. The van der Waals surface area contributed by atoms with Gasteiger partial charge in [-0.25, -0.2) is 0 Å². The van der Waals surface area contributed by atoms with E-state index in [-0.39, 0.29) is 5.04 Å². The van der Waals surface area contributed by atoms with E-state index in [4.69, 9.17) is 4.43 Å². The second-order valence-corrected chi connectivity index (χ2v) is 12.9. The van der Waals surface area contributed by atoms with Gasteiger partial charge in [0, 0.05) is 10.5 Å². The first-order valence-electron chi connectivity index (χ1n) is 7.64. The zero-order valence-corrected chi connectivity index (χ0v) is 17.4. The average molecular weight is 408 g/mol. The van der Waals surface area contributed by atoms with Crippen LogP contribution < -0.4 is 0 Å². The Labute approximate surface area is 141 Å². The first kappa shape index (κ1) is 20.4. The maximum atomic E-state index is 6.54. The number of alkyl halides is 1. The van der Waals surface area contributed by atoms with Crippen LogP contribution in [0.1, 0.15) is 53.4 Å². The van der Waals surface area contributed by atoms with Gasteiger partial charge in [-0.1, -0.05) is 61.1 Å². The van der Waals surface area contributed by atoms with E-state index in [1.165, 1.54) is 16.4 Å². The lowest BCUT2D eigenvalue weighted by Gasteiger charge is -2.39. The summed E-state index contributed by atoms with van der Waals surface area (Å²) >= 11 is 2.43. The maximum absolute atomic E-state index is 6.54. The summed E-state index contributed by atoms with van der Waals surface area (Å²) in [6, 6.07) is 0. The SMILES string of the molecule is C=CC[C@@H](CC/C(C)=C/CCI)O[Si](C)(C)C(C)(C)C. The minimum Gasteiger partial charge on any atom is -0.414 e. The third-order valence-corrected chi connectivity index (χ3v) is 9.32. The van der Waals surface area contributed by atoms with Crippen LogP contribution in [0.2, 0.25) is 18.1 Å². The third kappa shape index (κ3) is 7.98. The van der Waals surface area contributed by atoms with Crippen molar-refractivity contribution in [3.05, 3.63) is 24.3 Å². The van der Waals surface area contributed by atoms with E-state index < -0.39 is 8.32 Å². The molecule has 0 unspecified atom stereocenters. The van der Waals surface area contributed by atoms with Crippen molar-refractivity contribution >= 4 is 30.9 Å². The van der Waals surface area contributed by atoms with Crippen molar-refractivity contribution in [1.29, 1.82) is 0 Å². The first-order valence-corrected chi connectivity index (χ1v) is 12.1. The molecule has 3 heteroatoms. The van der Waals surface area contributed by atoms with Gasteiger partial charge in [-0.15, -0.1) is 6.58 Å². The molecule has 0 bridgehead atoms. The minimum absolute atomic E-state index is 0.276. The summed E-state index contributed by atoms with van der Waals surface area (Å²) in [5.74, 6) is 0. The van der Waals surface area contributed by atoms with Crippen LogP contribution in [0.25, 0.3) is 0 Å². The van der Waals surface area contributed by atoms with Crippen LogP contribution in [0.3, 0.4) is 0 Å². The summed E-state index contributed by atoms with van der Waals surface area (Å²) in [4.78, 5) is 0. The van der Waals surface area contributed by atoms with Gasteiger partial charge in [0.15, 0.2) is 8.32 Å². The quantitative estimate of drug-likeness (QED) is 0.183. The summed E-state index contributed by atoms with van der Waals surface area (Å²) in [5.41, 5.74) is 1.49. The zero-order chi connectivity index (χ0) is 15.8. The second-order valence-electron chi connectivity index (χ2n) is 7.09. The Bertz CT molecular complexity index is 315. The number of hydrogen-bond donors (Lipinski definition) is 0. The first-order chi connectivity index (χ1) is 9.14. The highest BCUT2D eigenvalue weighted by Crippen LogP contribution is 2.38. The van der Waals surface area contributed by atoms with Crippen molar-refractivity contribution < 1.29 is 4.43 Å². The maximum Gasteiger partial charge on any atom is 0.192 e. The molecule has 0 aromatic carbocycles. The van der Waals surface area contributed by atoms with Gasteiger partial charge in [0.2, 0.25) is 0 Å². The molecule has 0 heterocycles. The second kappa shape index (κ2) is 9.41. The smallest absolute Gasteiger partial charge is 0.192 e. The Hall–Kier alpha value is 0.387. The Balaban J connectivity index is 4.55. The van der Waals surface area contributed by atoms with E-state index in [2.05, 4.69) is 76.0 Å². The van der Waals surface area contributed by atoms with E-state index in [0.717, 1.165) is 19.3 Å². The van der Waals surface area contributed by atoms with E-state index in [0.29, 0.717) is 6.10 Å². The minimum atomic E-state index is -1.67. The normalized spacial score (nSPS) is 15.2. The molecule has 0 N–H and O–H groups in total. The van der Waals surface area contributed by atoms with Crippen LogP contribution >= 0.6 is 22.6 Å². The molecule has 0 rings (SSSR count). The lowest BCUT2D eigenvalue weighted by atomic mass is 10.1. The summed E-state index contributed by atoms with van der Waals surface area (Å²) in [7, 11) is -1.67. The van der Waals surface area contributed by atoms with Gasteiger partial charge in [0.25, 0.3) is 0 Å². The molecule has 0 fully saturated rings. The predicted molar refractivity (Wildman–Crippen MR) is 103 cm³/mol. The fourth-order valence-electron chi connectivity index (χ4n) is 1.80. The van der Waals surface area contributed by atoms with Gasteiger partial charge in [0.05, 0.1) is 0 Å².